The molecule has 0 heterocycles. The zero-order chi connectivity index (χ0) is 15.9. The minimum absolute atomic E-state index is 0.392. The molecular weight excluding hydrogens is 362 g/mol. The molecule has 0 saturated carbocycles. The topological polar surface area (TPSA) is 36.9 Å². The molecule has 0 atom stereocenters. The molecule has 0 aromatic heterocycles. The summed E-state index contributed by atoms with van der Waals surface area (Å²) in [5, 5.41) is 4.62. The van der Waals surface area contributed by atoms with Crippen LogP contribution in [0.2, 0.25) is 0 Å². The first-order valence-electron chi connectivity index (χ1n) is 6.59. The van der Waals surface area contributed by atoms with E-state index in [-0.39, 0.29) is 0 Å². The Morgan fingerprint density at radius 1 is 1.23 bits per heavy atom. The summed E-state index contributed by atoms with van der Waals surface area (Å²) in [5.74, 6) is 0.645. The minimum Gasteiger partial charge on any atom is -0.431 e. The molecule has 0 saturated heterocycles. The van der Waals surface area contributed by atoms with Crippen molar-refractivity contribution in [1.29, 1.82) is 0 Å². The molecule has 0 aliphatic rings. The molecule has 0 radical (unpaired) electrons. The molecule has 0 fully saturated rings. The fraction of sp³-hybridized carbons (Fsp3) is 0.125. The fourth-order valence-electron chi connectivity index (χ4n) is 1.58. The van der Waals surface area contributed by atoms with E-state index in [0.717, 1.165) is 15.7 Å². The van der Waals surface area contributed by atoms with Gasteiger partial charge in [0.15, 0.2) is 0 Å². The third-order valence-electron chi connectivity index (χ3n) is 2.71. The second-order valence-electron chi connectivity index (χ2n) is 4.68. The predicted molar refractivity (Wildman–Crippen MR) is 98.7 cm³/mol. The second kappa shape index (κ2) is 7.91. The van der Waals surface area contributed by atoms with Gasteiger partial charge >= 0.3 is 0 Å². The number of hydrazone groups is 1. The Bertz CT molecular complexity index is 674. The number of hydrogen-bond donors (Lipinski definition) is 1. The molecular formula is C16H16BrN3OS. The summed E-state index contributed by atoms with van der Waals surface area (Å²) in [6, 6.07) is 15.4. The van der Waals surface area contributed by atoms with Crippen molar-refractivity contribution >= 4 is 45.2 Å². The van der Waals surface area contributed by atoms with E-state index >= 15 is 0 Å². The molecule has 114 valence electrons. The lowest BCUT2D eigenvalue weighted by atomic mass is 10.2. The summed E-state index contributed by atoms with van der Waals surface area (Å²) >= 11 is 8.61. The molecule has 0 amide bonds. The van der Waals surface area contributed by atoms with E-state index in [1.54, 1.807) is 11.1 Å². The van der Waals surface area contributed by atoms with Gasteiger partial charge in [0.05, 0.1) is 11.9 Å². The van der Waals surface area contributed by atoms with Crippen LogP contribution in [0.15, 0.2) is 58.1 Å². The van der Waals surface area contributed by atoms with E-state index in [4.69, 9.17) is 17.0 Å². The van der Waals surface area contributed by atoms with Gasteiger partial charge in [-0.25, -0.2) is 0 Å². The second-order valence-corrected chi connectivity index (χ2v) is 5.95. The normalized spacial score (nSPS) is 10.5. The Morgan fingerprint density at radius 3 is 2.64 bits per heavy atom. The maximum atomic E-state index is 5.70. The molecule has 0 bridgehead atoms. The van der Waals surface area contributed by atoms with Crippen LogP contribution in [-0.4, -0.2) is 30.4 Å². The maximum Gasteiger partial charge on any atom is 0.264 e. The highest BCUT2D eigenvalue weighted by atomic mass is 79.9. The van der Waals surface area contributed by atoms with Crippen molar-refractivity contribution in [1.82, 2.24) is 4.90 Å². The number of hydrogen-bond acceptors (Lipinski definition) is 4. The highest BCUT2D eigenvalue weighted by Gasteiger charge is 2.07. The van der Waals surface area contributed by atoms with Gasteiger partial charge in [0, 0.05) is 24.1 Å². The van der Waals surface area contributed by atoms with Crippen LogP contribution in [0, 0.1) is 0 Å². The number of nitrogens with one attached hydrogen (secondary N) is 1. The molecule has 0 aliphatic heterocycles. The number of halogens is 1. The molecule has 6 heteroatoms. The average molecular weight is 378 g/mol. The van der Waals surface area contributed by atoms with Gasteiger partial charge in [-0.05, 0) is 42.5 Å². The van der Waals surface area contributed by atoms with Gasteiger partial charge in [-0.1, -0.05) is 34.1 Å². The standard InChI is InChI=1S/C16H16BrN3OS/c1-20(2)16(22)21-15-10-13(17)9-8-12(15)11-18-19-14-6-4-3-5-7-14/h3-11,19H,1-2H3. The van der Waals surface area contributed by atoms with Crippen molar-refractivity contribution < 1.29 is 4.74 Å². The van der Waals surface area contributed by atoms with E-state index < -0.39 is 0 Å². The summed E-state index contributed by atoms with van der Waals surface area (Å²) in [6.07, 6.45) is 1.70. The monoisotopic (exact) mass is 377 g/mol. The van der Waals surface area contributed by atoms with Gasteiger partial charge in [-0.2, -0.15) is 5.10 Å². The molecule has 2 aromatic rings. The lowest BCUT2D eigenvalue weighted by Gasteiger charge is -2.15. The summed E-state index contributed by atoms with van der Waals surface area (Å²) in [5.41, 5.74) is 4.72. The van der Waals surface area contributed by atoms with Crippen LogP contribution in [0.4, 0.5) is 5.69 Å². The van der Waals surface area contributed by atoms with E-state index in [1.165, 1.54) is 0 Å². The summed E-state index contributed by atoms with van der Waals surface area (Å²) in [7, 11) is 3.68. The van der Waals surface area contributed by atoms with Crippen LogP contribution in [0.5, 0.6) is 5.75 Å². The number of para-hydroxylation sites is 1. The van der Waals surface area contributed by atoms with Gasteiger partial charge in [0.1, 0.15) is 5.75 Å². The number of benzene rings is 2. The molecule has 0 spiro atoms. The SMILES string of the molecule is CN(C)C(=S)Oc1cc(Br)ccc1C=NNc1ccccc1. The van der Waals surface area contributed by atoms with Gasteiger partial charge in [-0.15, -0.1) is 0 Å². The zero-order valence-corrected chi connectivity index (χ0v) is 14.7. The van der Waals surface area contributed by atoms with Crippen LogP contribution in [0.25, 0.3) is 0 Å². The molecule has 4 nitrogen and oxygen atoms in total. The predicted octanol–water partition coefficient (Wildman–Crippen LogP) is 4.12. The van der Waals surface area contributed by atoms with Gasteiger partial charge in [-0.3, -0.25) is 5.43 Å². The van der Waals surface area contributed by atoms with Crippen molar-refractivity contribution in [3.05, 3.63) is 58.6 Å². The van der Waals surface area contributed by atoms with Crippen LogP contribution in [-0.2, 0) is 0 Å². The first-order chi connectivity index (χ1) is 10.6. The fourth-order valence-corrected chi connectivity index (χ4v) is 2.01. The van der Waals surface area contributed by atoms with E-state index in [9.17, 15) is 0 Å². The van der Waals surface area contributed by atoms with E-state index in [0.29, 0.717) is 10.9 Å². The largest absolute Gasteiger partial charge is 0.431 e. The summed E-state index contributed by atoms with van der Waals surface area (Å²) < 4.78 is 6.61. The average Bonchev–Trinajstić information content (AvgIpc) is 2.50. The highest BCUT2D eigenvalue weighted by Crippen LogP contribution is 2.23. The number of ether oxygens (including phenoxy) is 1. The van der Waals surface area contributed by atoms with Crippen molar-refractivity contribution in [2.45, 2.75) is 0 Å². The number of thiocarbonyl (C=S) groups is 1. The van der Waals surface area contributed by atoms with Crippen LogP contribution in [0.1, 0.15) is 5.56 Å². The molecule has 0 unspecified atom stereocenters. The van der Waals surface area contributed by atoms with E-state index in [1.807, 2.05) is 62.6 Å². The first-order valence-corrected chi connectivity index (χ1v) is 7.79. The molecule has 1 N–H and O–H groups in total. The quantitative estimate of drug-likeness (QED) is 0.493. The molecule has 0 aliphatic carbocycles. The third-order valence-corrected chi connectivity index (χ3v) is 3.65. The lowest BCUT2D eigenvalue weighted by molar-refractivity contribution is 0.449. The third kappa shape index (κ3) is 4.82. The van der Waals surface area contributed by atoms with Gasteiger partial charge < -0.3 is 9.64 Å². The Balaban J connectivity index is 2.14. The smallest absolute Gasteiger partial charge is 0.264 e. The Morgan fingerprint density at radius 2 is 1.95 bits per heavy atom. The van der Waals surface area contributed by atoms with E-state index in [2.05, 4.69) is 26.5 Å². The van der Waals surface area contributed by atoms with Crippen molar-refractivity contribution in [3.63, 3.8) is 0 Å². The molecule has 22 heavy (non-hydrogen) atoms. The van der Waals surface area contributed by atoms with Crippen LogP contribution >= 0.6 is 28.1 Å². The summed E-state index contributed by atoms with van der Waals surface area (Å²) in [6.45, 7) is 0. The highest BCUT2D eigenvalue weighted by molar-refractivity contribution is 9.10. The number of rotatable bonds is 4. The number of nitrogens with zero attached hydrogens (tertiary/aromatic N) is 2. The first kappa shape index (κ1) is 16.5. The van der Waals surface area contributed by atoms with Crippen LogP contribution in [0.3, 0.4) is 0 Å². The van der Waals surface area contributed by atoms with Crippen molar-refractivity contribution in [2.75, 3.05) is 19.5 Å². The molecule has 2 aromatic carbocycles. The number of anilines is 1. The zero-order valence-electron chi connectivity index (χ0n) is 12.3. The Hall–Kier alpha value is -1.92. The minimum atomic E-state index is 0.392. The van der Waals surface area contributed by atoms with Gasteiger partial charge in [0.25, 0.3) is 5.17 Å². The van der Waals surface area contributed by atoms with Crippen molar-refractivity contribution in [3.8, 4) is 5.75 Å². The van der Waals surface area contributed by atoms with Gasteiger partial charge in [0.2, 0.25) is 0 Å². The van der Waals surface area contributed by atoms with Crippen molar-refractivity contribution in [2.24, 2.45) is 5.10 Å². The summed E-state index contributed by atoms with van der Waals surface area (Å²) in [4.78, 5) is 1.74. The Labute approximate surface area is 143 Å². The Kier molecular flexibility index (Phi) is 5.91. The maximum absolute atomic E-state index is 5.70. The lowest BCUT2D eigenvalue weighted by Crippen LogP contribution is -2.25. The molecule has 2 rings (SSSR count). The van der Waals surface area contributed by atoms with Crippen LogP contribution < -0.4 is 10.2 Å².